The third-order valence-electron chi connectivity index (χ3n) is 4.81. The molecule has 0 aliphatic carbocycles. The molecule has 0 radical (unpaired) electrons. The van der Waals surface area contributed by atoms with Gasteiger partial charge in [-0.25, -0.2) is 19.1 Å². The van der Waals surface area contributed by atoms with Crippen LogP contribution in [0.1, 0.15) is 31.0 Å². The number of aromatic nitrogens is 3. The number of rotatable bonds is 7. The van der Waals surface area contributed by atoms with E-state index in [4.69, 9.17) is 9.57 Å². The highest BCUT2D eigenvalue weighted by Crippen LogP contribution is 2.26. The largest absolute Gasteiger partial charge is 0.484 e. The Morgan fingerprint density at radius 3 is 2.60 bits per heavy atom. The van der Waals surface area contributed by atoms with E-state index in [1.54, 1.807) is 31.2 Å². The van der Waals surface area contributed by atoms with Crippen LogP contribution in [0.4, 0.5) is 18.0 Å². The Labute approximate surface area is 201 Å². The van der Waals surface area contributed by atoms with E-state index >= 15 is 0 Å². The number of benzene rings is 1. The van der Waals surface area contributed by atoms with Gasteiger partial charge in [-0.05, 0) is 31.5 Å². The summed E-state index contributed by atoms with van der Waals surface area (Å²) in [6, 6.07) is 7.06. The van der Waals surface area contributed by atoms with Crippen LogP contribution in [0, 0.1) is 6.92 Å². The Bertz CT molecular complexity index is 1260. The molecular formula is C22H23F3N4O5S. The molecule has 0 aliphatic heterocycles. The zero-order valence-corrected chi connectivity index (χ0v) is 20.0. The first-order valence-electron chi connectivity index (χ1n) is 10.5. The monoisotopic (exact) mass is 512 g/mol. The maximum absolute atomic E-state index is 13.3. The van der Waals surface area contributed by atoms with Crippen molar-refractivity contribution in [3.63, 3.8) is 0 Å². The molecule has 0 unspecified atom stereocenters. The summed E-state index contributed by atoms with van der Waals surface area (Å²) in [6.07, 6.45) is -2.63. The molecule has 0 fully saturated rings. The van der Waals surface area contributed by atoms with E-state index in [9.17, 15) is 27.0 Å². The standard InChI is InChI=1S/C22H23F3N4O5S/c1-4-7-19(30)34-28(3)21(31)29-17-9-6-5-8-15(17)27-20(29)35(32)12-16-14(2)18(10-11-26-16)33-13-22(23,24)25/h5-6,8-11H,4,7,12-13H2,1-3H3/t35-/m1/s1. The van der Waals surface area contributed by atoms with Gasteiger partial charge in [-0.1, -0.05) is 19.1 Å². The van der Waals surface area contributed by atoms with Crippen LogP contribution in [0.15, 0.2) is 41.7 Å². The number of hydroxylamine groups is 2. The van der Waals surface area contributed by atoms with Gasteiger partial charge in [-0.15, -0.1) is 0 Å². The number of ether oxygens (including phenoxy) is 1. The first-order valence-corrected chi connectivity index (χ1v) is 11.8. The number of imidazole rings is 1. The van der Waals surface area contributed by atoms with E-state index in [1.807, 2.05) is 0 Å². The fourth-order valence-corrected chi connectivity index (χ4v) is 4.38. The Morgan fingerprint density at radius 1 is 1.20 bits per heavy atom. The summed E-state index contributed by atoms with van der Waals surface area (Å²) in [6.45, 7) is 1.81. The molecule has 0 bridgehead atoms. The number of pyridine rings is 1. The van der Waals surface area contributed by atoms with Crippen molar-refractivity contribution in [2.24, 2.45) is 0 Å². The van der Waals surface area contributed by atoms with E-state index in [2.05, 4.69) is 9.97 Å². The number of para-hydroxylation sites is 2. The van der Waals surface area contributed by atoms with Gasteiger partial charge in [0, 0.05) is 18.2 Å². The van der Waals surface area contributed by atoms with Gasteiger partial charge < -0.3 is 9.57 Å². The van der Waals surface area contributed by atoms with Crippen molar-refractivity contribution in [1.82, 2.24) is 19.6 Å². The highest BCUT2D eigenvalue weighted by molar-refractivity contribution is 7.84. The number of alkyl halides is 3. The van der Waals surface area contributed by atoms with Gasteiger partial charge in [0.15, 0.2) is 6.61 Å². The van der Waals surface area contributed by atoms with Crippen molar-refractivity contribution in [3.8, 4) is 5.75 Å². The van der Waals surface area contributed by atoms with Gasteiger partial charge in [-0.3, -0.25) is 9.19 Å². The number of nitrogens with zero attached hydrogens (tertiary/aromatic N) is 4. The molecular weight excluding hydrogens is 489 g/mol. The van der Waals surface area contributed by atoms with Gasteiger partial charge in [-0.2, -0.15) is 18.2 Å². The van der Waals surface area contributed by atoms with Crippen molar-refractivity contribution in [3.05, 3.63) is 47.8 Å². The van der Waals surface area contributed by atoms with Gasteiger partial charge >= 0.3 is 18.2 Å². The highest BCUT2D eigenvalue weighted by atomic mass is 32.2. The van der Waals surface area contributed by atoms with Crippen molar-refractivity contribution < 1.29 is 36.5 Å². The molecule has 0 saturated carbocycles. The summed E-state index contributed by atoms with van der Waals surface area (Å²) in [5.74, 6) is -0.896. The molecule has 0 spiro atoms. The summed E-state index contributed by atoms with van der Waals surface area (Å²) in [7, 11) is -0.693. The molecule has 2 aromatic heterocycles. The summed E-state index contributed by atoms with van der Waals surface area (Å²) in [5, 5.41) is 0.611. The molecule has 0 saturated heterocycles. The van der Waals surface area contributed by atoms with E-state index in [1.165, 1.54) is 26.2 Å². The van der Waals surface area contributed by atoms with Crippen LogP contribution in [0.5, 0.6) is 5.75 Å². The quantitative estimate of drug-likeness (QED) is 0.438. The van der Waals surface area contributed by atoms with Crippen molar-refractivity contribution in [2.75, 3.05) is 13.7 Å². The lowest BCUT2D eigenvalue weighted by molar-refractivity contribution is -0.172. The first kappa shape index (κ1) is 26.1. The van der Waals surface area contributed by atoms with Crippen LogP contribution in [0.3, 0.4) is 0 Å². The third kappa shape index (κ3) is 6.35. The number of hydrogen-bond donors (Lipinski definition) is 0. The van der Waals surface area contributed by atoms with Crippen LogP contribution in [0.2, 0.25) is 0 Å². The van der Waals surface area contributed by atoms with Crippen LogP contribution in [-0.2, 0) is 26.2 Å². The molecule has 0 aliphatic rings. The number of carbonyl (C=O) groups excluding carboxylic acids is 2. The minimum atomic E-state index is -4.52. The minimum absolute atomic E-state index is 0.0449. The lowest BCUT2D eigenvalue weighted by atomic mass is 10.2. The molecule has 9 nitrogen and oxygen atoms in total. The Kier molecular flexibility index (Phi) is 8.10. The summed E-state index contributed by atoms with van der Waals surface area (Å²) in [4.78, 5) is 38.5. The number of fused-ring (bicyclic) bond motifs is 1. The summed E-state index contributed by atoms with van der Waals surface area (Å²) in [5.41, 5.74) is 1.22. The Balaban J connectivity index is 1.92. The number of hydrogen-bond acceptors (Lipinski definition) is 7. The smallest absolute Gasteiger partial charge is 0.422 e. The van der Waals surface area contributed by atoms with Gasteiger partial charge in [0.05, 0.1) is 40.3 Å². The van der Waals surface area contributed by atoms with Gasteiger partial charge in [0.1, 0.15) is 5.75 Å². The van der Waals surface area contributed by atoms with Crippen LogP contribution >= 0.6 is 0 Å². The highest BCUT2D eigenvalue weighted by Gasteiger charge is 2.29. The van der Waals surface area contributed by atoms with E-state index in [-0.39, 0.29) is 34.3 Å². The Morgan fingerprint density at radius 2 is 1.91 bits per heavy atom. The molecule has 35 heavy (non-hydrogen) atoms. The molecule has 188 valence electrons. The van der Waals surface area contributed by atoms with Crippen LogP contribution in [0.25, 0.3) is 11.0 Å². The maximum atomic E-state index is 13.3. The van der Waals surface area contributed by atoms with E-state index < -0.39 is 35.6 Å². The fourth-order valence-electron chi connectivity index (χ4n) is 3.13. The lowest BCUT2D eigenvalue weighted by Gasteiger charge is -2.18. The average Bonchev–Trinajstić information content (AvgIpc) is 3.18. The van der Waals surface area contributed by atoms with E-state index in [0.29, 0.717) is 17.5 Å². The molecule has 1 atom stereocenters. The molecule has 3 aromatic rings. The predicted octanol–water partition coefficient (Wildman–Crippen LogP) is 4.15. The molecule has 3 rings (SSSR count). The lowest BCUT2D eigenvalue weighted by Crippen LogP contribution is -2.34. The van der Waals surface area contributed by atoms with Crippen molar-refractivity contribution in [2.45, 2.75) is 43.8 Å². The topological polar surface area (TPSA) is 104 Å². The maximum Gasteiger partial charge on any atom is 0.422 e. The minimum Gasteiger partial charge on any atom is -0.484 e. The van der Waals surface area contributed by atoms with Crippen molar-refractivity contribution >= 4 is 33.8 Å². The molecule has 1 amide bonds. The number of halogens is 3. The molecule has 1 aromatic carbocycles. The fraction of sp³-hybridized carbons (Fsp3) is 0.364. The Hall–Kier alpha value is -3.48. The average molecular weight is 513 g/mol. The molecule has 13 heteroatoms. The second kappa shape index (κ2) is 10.8. The predicted molar refractivity (Wildman–Crippen MR) is 120 cm³/mol. The van der Waals surface area contributed by atoms with Gasteiger partial charge in [0.2, 0.25) is 5.16 Å². The SMILES string of the molecule is CCCC(=O)ON(C)C(=O)n1c([S@](=O)Cc2nccc(OCC(F)(F)F)c2C)nc2ccccc21. The third-order valence-corrected chi connectivity index (χ3v) is 6.02. The number of amides is 1. The van der Waals surface area contributed by atoms with Crippen LogP contribution in [-0.4, -0.2) is 55.6 Å². The summed E-state index contributed by atoms with van der Waals surface area (Å²) < 4.78 is 56.9. The van der Waals surface area contributed by atoms with E-state index in [0.717, 1.165) is 9.63 Å². The zero-order valence-electron chi connectivity index (χ0n) is 19.2. The summed E-state index contributed by atoms with van der Waals surface area (Å²) >= 11 is 0. The first-order chi connectivity index (χ1) is 16.5. The van der Waals surface area contributed by atoms with Crippen LogP contribution < -0.4 is 4.74 Å². The zero-order chi connectivity index (χ0) is 25.8. The second-order valence-electron chi connectivity index (χ2n) is 7.49. The van der Waals surface area contributed by atoms with Gasteiger partial charge in [0.25, 0.3) is 0 Å². The second-order valence-corrected chi connectivity index (χ2v) is 8.83. The van der Waals surface area contributed by atoms with Crippen molar-refractivity contribution in [1.29, 1.82) is 0 Å². The normalized spacial score (nSPS) is 12.4. The molecule has 0 N–H and O–H groups in total. The molecule has 2 heterocycles. The number of carbonyl (C=O) groups is 2.